The maximum Gasteiger partial charge on any atom is 0.119 e. The van der Waals surface area contributed by atoms with Crippen molar-refractivity contribution in [2.75, 3.05) is 44.8 Å². The molecule has 318 valence electrons. The first-order valence-corrected chi connectivity index (χ1v) is 29.2. The number of ether oxygens (including phenoxy) is 1. The van der Waals surface area contributed by atoms with Crippen LogP contribution >= 0.6 is 32.3 Å². The van der Waals surface area contributed by atoms with E-state index in [2.05, 4.69) is 162 Å². The summed E-state index contributed by atoms with van der Waals surface area (Å²) in [6.45, 7) is 7.07. The Morgan fingerprint density at radius 2 is 0.933 bits per heavy atom. The van der Waals surface area contributed by atoms with Crippen LogP contribution in [0.5, 0.6) is 5.75 Å². The van der Waals surface area contributed by atoms with E-state index in [-0.39, 0.29) is 32.3 Å². The summed E-state index contributed by atoms with van der Waals surface area (Å²) in [5, 5.41) is 3.14. The smallest absolute Gasteiger partial charge is 0.119 e. The van der Waals surface area contributed by atoms with Gasteiger partial charge in [0.15, 0.2) is 0 Å². The number of rotatable bonds is 23. The van der Waals surface area contributed by atoms with E-state index < -0.39 is 0 Å². The third kappa shape index (κ3) is 12.4. The van der Waals surface area contributed by atoms with Gasteiger partial charge in [-0.05, 0) is 166 Å². The van der Waals surface area contributed by atoms with Crippen molar-refractivity contribution in [3.8, 4) is 5.75 Å². The van der Waals surface area contributed by atoms with E-state index in [0.717, 1.165) is 18.6 Å². The van der Waals surface area contributed by atoms with Gasteiger partial charge in [-0.25, -0.2) is 0 Å². The minimum absolute atomic E-state index is 0.251. The lowest BCUT2D eigenvalue weighted by atomic mass is 10.0. The van der Waals surface area contributed by atoms with Crippen molar-refractivity contribution in [2.24, 2.45) is 0 Å². The number of unbranched alkanes of at least 4 members (excludes halogenated alkanes) is 2. The maximum absolute atomic E-state index is 6.01. The van der Waals surface area contributed by atoms with Gasteiger partial charge in [0.25, 0.3) is 0 Å². The molecule has 0 aromatic heterocycles. The van der Waals surface area contributed by atoms with Gasteiger partial charge >= 0.3 is 0 Å². The van der Waals surface area contributed by atoms with Gasteiger partial charge in [0.05, 0.1) is 7.11 Å². The molecule has 5 aromatic rings. The Balaban J connectivity index is 1.09. The SMILES string of the molecule is CCCCP(c1ccccc1)N(CCCc1cc(CCCN(P(CCCC)c2ccccc2)P2CCC[C@H]2c2ccccc2)cc(OC)c1)P1CCC[C@@H]1c1ccccc1. The van der Waals surface area contributed by atoms with Crippen molar-refractivity contribution < 1.29 is 4.74 Å². The molecule has 7 heteroatoms. The number of methoxy groups -OCH3 is 1. The van der Waals surface area contributed by atoms with Gasteiger partial charge in [-0.2, -0.15) is 0 Å². The van der Waals surface area contributed by atoms with Gasteiger partial charge in [0.2, 0.25) is 0 Å². The standard InChI is InChI=1S/C53H70N2OP4/c1-4-6-38-57(50-30-16-10-17-31-50)54(59-40-22-34-52(59)47-26-12-8-13-27-47)36-20-24-45-42-46(44-49(43-45)56-3)25-21-37-55(58(39-7-5-2)51-32-18-11-19-33-51)60-41-23-35-53(60)48-28-14-9-15-29-48/h8-19,26-33,42-44,52-53H,4-7,20-25,34-41H2,1-3H3/t52-,53+,57?,58?,59?,60?. The quantitative estimate of drug-likeness (QED) is 0.0608. The van der Waals surface area contributed by atoms with Gasteiger partial charge in [0, 0.05) is 24.4 Å². The molecule has 0 aliphatic carbocycles. The molecule has 4 unspecified atom stereocenters. The zero-order valence-corrected chi connectivity index (χ0v) is 40.3. The fourth-order valence-electron chi connectivity index (χ4n) is 9.42. The van der Waals surface area contributed by atoms with Crippen molar-refractivity contribution in [3.63, 3.8) is 0 Å². The third-order valence-corrected chi connectivity index (χ3v) is 25.6. The maximum atomic E-state index is 6.01. The molecule has 0 bridgehead atoms. The number of aryl methyl sites for hydroxylation is 2. The molecule has 0 spiro atoms. The summed E-state index contributed by atoms with van der Waals surface area (Å²) in [6, 6.07) is 53.4. The Bertz CT molecular complexity index is 1810. The highest BCUT2D eigenvalue weighted by Gasteiger charge is 2.38. The van der Waals surface area contributed by atoms with Crippen LogP contribution in [-0.4, -0.2) is 53.7 Å². The first kappa shape index (κ1) is 45.6. The second kappa shape index (κ2) is 24.4. The second-order valence-electron chi connectivity index (χ2n) is 16.7. The van der Waals surface area contributed by atoms with E-state index in [1.54, 1.807) is 21.7 Å². The van der Waals surface area contributed by atoms with Crippen molar-refractivity contribution in [1.82, 2.24) is 8.88 Å². The van der Waals surface area contributed by atoms with Crippen molar-refractivity contribution in [1.29, 1.82) is 0 Å². The van der Waals surface area contributed by atoms with Crippen LogP contribution in [0.2, 0.25) is 0 Å². The van der Waals surface area contributed by atoms with Crippen LogP contribution in [0.1, 0.15) is 112 Å². The minimum Gasteiger partial charge on any atom is -0.497 e. The van der Waals surface area contributed by atoms with Gasteiger partial charge in [-0.1, -0.05) is 154 Å². The van der Waals surface area contributed by atoms with Gasteiger partial charge < -0.3 is 4.74 Å². The van der Waals surface area contributed by atoms with Crippen LogP contribution in [0.15, 0.2) is 140 Å². The normalized spacial score (nSPS) is 20.1. The summed E-state index contributed by atoms with van der Waals surface area (Å²) in [4.78, 5) is 0. The first-order chi connectivity index (χ1) is 29.7. The molecular weight excluding hydrogens is 804 g/mol. The highest BCUT2D eigenvalue weighted by Crippen LogP contribution is 2.69. The zero-order valence-electron chi connectivity index (χ0n) is 36.8. The van der Waals surface area contributed by atoms with E-state index in [9.17, 15) is 0 Å². The highest BCUT2D eigenvalue weighted by molar-refractivity contribution is 7.75. The monoisotopic (exact) mass is 874 g/mol. The van der Waals surface area contributed by atoms with Crippen molar-refractivity contribution in [2.45, 2.75) is 102 Å². The van der Waals surface area contributed by atoms with Gasteiger partial charge in [0.1, 0.15) is 5.75 Å². The lowest BCUT2D eigenvalue weighted by Crippen LogP contribution is -2.23. The van der Waals surface area contributed by atoms with Crippen LogP contribution in [0, 0.1) is 0 Å². The van der Waals surface area contributed by atoms with E-state index in [0.29, 0.717) is 11.3 Å². The Kier molecular flexibility index (Phi) is 18.5. The summed E-state index contributed by atoms with van der Waals surface area (Å²) in [5.74, 6) is 1.02. The minimum atomic E-state index is -0.377. The van der Waals surface area contributed by atoms with Crippen LogP contribution < -0.4 is 15.3 Å². The predicted molar refractivity (Wildman–Crippen MR) is 269 cm³/mol. The van der Waals surface area contributed by atoms with E-state index in [1.165, 1.54) is 113 Å². The average Bonchev–Trinajstić information content (AvgIpc) is 4.00. The van der Waals surface area contributed by atoms with Crippen molar-refractivity contribution in [3.05, 3.63) is 162 Å². The predicted octanol–water partition coefficient (Wildman–Crippen LogP) is 15.1. The Hall–Kier alpha value is -2.46. The van der Waals surface area contributed by atoms with E-state index in [4.69, 9.17) is 4.74 Å². The fraction of sp³-hybridized carbons (Fsp3) is 0.434. The van der Waals surface area contributed by atoms with Gasteiger partial charge in [-0.15, -0.1) is 0 Å². The molecule has 6 atom stereocenters. The Morgan fingerprint density at radius 3 is 1.32 bits per heavy atom. The molecule has 2 aliphatic heterocycles. The van der Waals surface area contributed by atoms with Gasteiger partial charge in [-0.3, -0.25) is 8.88 Å². The van der Waals surface area contributed by atoms with E-state index >= 15 is 0 Å². The summed E-state index contributed by atoms with van der Waals surface area (Å²) in [6.07, 6.45) is 20.4. The average molecular weight is 875 g/mol. The highest BCUT2D eigenvalue weighted by atomic mass is 31.2. The van der Waals surface area contributed by atoms with Crippen LogP contribution in [0.25, 0.3) is 0 Å². The molecule has 60 heavy (non-hydrogen) atoms. The van der Waals surface area contributed by atoms with Crippen LogP contribution in [0.3, 0.4) is 0 Å². The molecule has 2 fully saturated rings. The Labute approximate surface area is 369 Å². The molecule has 2 saturated heterocycles. The number of nitrogens with zero attached hydrogens (tertiary/aromatic N) is 2. The van der Waals surface area contributed by atoms with Crippen LogP contribution in [0.4, 0.5) is 0 Å². The Morgan fingerprint density at radius 1 is 0.533 bits per heavy atom. The lowest BCUT2D eigenvalue weighted by molar-refractivity contribution is 0.413. The zero-order chi connectivity index (χ0) is 41.4. The topological polar surface area (TPSA) is 15.7 Å². The fourth-order valence-corrected chi connectivity index (χ4v) is 24.1. The molecule has 0 N–H and O–H groups in total. The molecule has 0 amide bonds. The van der Waals surface area contributed by atoms with Crippen LogP contribution in [-0.2, 0) is 12.8 Å². The molecule has 7 rings (SSSR count). The van der Waals surface area contributed by atoms with Crippen molar-refractivity contribution >= 4 is 42.9 Å². The molecule has 2 heterocycles. The second-order valence-corrected chi connectivity index (χ2v) is 26.7. The molecular formula is C53H70N2OP4. The number of hydrogen-bond acceptors (Lipinski definition) is 3. The largest absolute Gasteiger partial charge is 0.497 e. The summed E-state index contributed by atoms with van der Waals surface area (Å²) in [7, 11) is 0.598. The molecule has 2 aliphatic rings. The molecule has 0 radical (unpaired) electrons. The summed E-state index contributed by atoms with van der Waals surface area (Å²) >= 11 is 0. The molecule has 0 saturated carbocycles. The molecule has 3 nitrogen and oxygen atoms in total. The number of benzene rings is 5. The first-order valence-electron chi connectivity index (χ1n) is 23.2. The summed E-state index contributed by atoms with van der Waals surface area (Å²) < 4.78 is 12.2. The lowest BCUT2D eigenvalue weighted by Gasteiger charge is -2.40. The van der Waals surface area contributed by atoms with E-state index in [1.807, 2.05) is 7.11 Å². The summed E-state index contributed by atoms with van der Waals surface area (Å²) in [5.41, 5.74) is 7.36. The molecule has 5 aromatic carbocycles. The third-order valence-electron chi connectivity index (χ3n) is 12.4. The number of hydrogen-bond donors (Lipinski definition) is 0.